The highest BCUT2D eigenvalue weighted by Gasteiger charge is 2.40. The van der Waals surface area contributed by atoms with Crippen LogP contribution in [0.1, 0.15) is 60.7 Å². The van der Waals surface area contributed by atoms with Gasteiger partial charge in [-0.2, -0.15) is 5.26 Å². The summed E-state index contributed by atoms with van der Waals surface area (Å²) in [5.74, 6) is 0.336. The molecule has 0 spiro atoms. The average Bonchev–Trinajstić information content (AvgIpc) is 3.12. The summed E-state index contributed by atoms with van der Waals surface area (Å²) in [5, 5.41) is 9.55. The first-order valence-electron chi connectivity index (χ1n) is 15.4. The van der Waals surface area contributed by atoms with E-state index in [1.165, 1.54) is 6.08 Å². The summed E-state index contributed by atoms with van der Waals surface area (Å²) in [7, 11) is 1.54. The summed E-state index contributed by atoms with van der Waals surface area (Å²) in [6, 6.07) is 22.0. The van der Waals surface area contributed by atoms with E-state index in [4.69, 9.17) is 29.2 Å². The predicted octanol–water partition coefficient (Wildman–Crippen LogP) is 6.40. The van der Waals surface area contributed by atoms with Gasteiger partial charge >= 0.3 is 12.1 Å². The lowest BCUT2D eigenvalue weighted by Gasteiger charge is -2.43. The molecule has 0 fully saturated rings. The van der Waals surface area contributed by atoms with E-state index in [1.807, 2.05) is 66.4 Å². The molecule has 47 heavy (non-hydrogen) atoms. The number of nitrogens with zero attached hydrogens (tertiary/aromatic N) is 6. The van der Waals surface area contributed by atoms with Gasteiger partial charge in [-0.25, -0.2) is 24.5 Å². The van der Waals surface area contributed by atoms with Crippen LogP contribution in [0.5, 0.6) is 5.88 Å². The van der Waals surface area contributed by atoms with Crippen LogP contribution in [0.25, 0.3) is 6.08 Å². The predicted molar refractivity (Wildman–Crippen MR) is 176 cm³/mol. The number of anilines is 2. The molecule has 0 aliphatic carbocycles. The van der Waals surface area contributed by atoms with Crippen molar-refractivity contribution in [3.8, 4) is 11.9 Å². The summed E-state index contributed by atoms with van der Waals surface area (Å²) in [5.41, 5.74) is 4.16. The molecule has 1 amide bonds. The zero-order valence-electron chi connectivity index (χ0n) is 26.6. The number of nitriles is 1. The summed E-state index contributed by atoms with van der Waals surface area (Å²) in [6.45, 7) is 4.58. The van der Waals surface area contributed by atoms with E-state index in [2.05, 4.69) is 6.07 Å². The molecule has 1 aliphatic rings. The maximum absolute atomic E-state index is 13.2. The fraction of sp³-hybridized carbons (Fsp3) is 0.278. The molecule has 5 rings (SSSR count). The Morgan fingerprint density at radius 3 is 2.49 bits per heavy atom. The third-order valence-electron chi connectivity index (χ3n) is 7.79. The number of hydrogen-bond donors (Lipinski definition) is 0. The maximum Gasteiger partial charge on any atom is 0.414 e. The molecule has 0 radical (unpaired) electrons. The van der Waals surface area contributed by atoms with Crippen molar-refractivity contribution in [3.63, 3.8) is 0 Å². The standard InChI is InChI=1S/C36H36N6O5/c1-4-29-19-31(34-30(15-16-32(40-34)45-3)42(29)36(44)46-5-2)41(23-27-13-9-12-26(18-27)20-37)35-38-21-28(22-39-35)14-17-33(43)47-24-25-10-7-6-8-11-25/h6-18,21-22,29,31H,4-5,19,23-24H2,1-3H3/b17-14+/t29-,31+/m1/s1. The highest BCUT2D eigenvalue weighted by atomic mass is 16.6. The molecule has 4 aromatic rings. The van der Waals surface area contributed by atoms with Crippen LogP contribution in [0.3, 0.4) is 0 Å². The monoisotopic (exact) mass is 632 g/mol. The summed E-state index contributed by atoms with van der Waals surface area (Å²) in [4.78, 5) is 43.4. The van der Waals surface area contributed by atoms with Crippen molar-refractivity contribution in [1.29, 1.82) is 5.26 Å². The van der Waals surface area contributed by atoms with Crippen molar-refractivity contribution >= 4 is 29.8 Å². The van der Waals surface area contributed by atoms with Crippen LogP contribution in [-0.2, 0) is 27.4 Å². The van der Waals surface area contributed by atoms with Gasteiger partial charge in [0, 0.05) is 42.7 Å². The van der Waals surface area contributed by atoms with Crippen LogP contribution in [0, 0.1) is 11.3 Å². The van der Waals surface area contributed by atoms with Gasteiger partial charge in [-0.15, -0.1) is 0 Å². The fourth-order valence-corrected chi connectivity index (χ4v) is 5.51. The van der Waals surface area contributed by atoms with Crippen molar-refractivity contribution < 1.29 is 23.8 Å². The molecule has 0 bridgehead atoms. The van der Waals surface area contributed by atoms with Gasteiger partial charge < -0.3 is 19.1 Å². The third kappa shape index (κ3) is 7.91. The van der Waals surface area contributed by atoms with E-state index in [-0.39, 0.29) is 25.3 Å². The Kier molecular flexibility index (Phi) is 10.8. The number of pyridine rings is 1. The van der Waals surface area contributed by atoms with Crippen LogP contribution < -0.4 is 14.5 Å². The minimum Gasteiger partial charge on any atom is -0.481 e. The van der Waals surface area contributed by atoms with Crippen LogP contribution in [0.4, 0.5) is 16.4 Å². The molecule has 0 saturated carbocycles. The molecule has 3 heterocycles. The van der Waals surface area contributed by atoms with Gasteiger partial charge in [-0.3, -0.25) is 4.90 Å². The highest BCUT2D eigenvalue weighted by molar-refractivity contribution is 5.90. The Morgan fingerprint density at radius 1 is 1.02 bits per heavy atom. The Hall–Kier alpha value is -5.76. The van der Waals surface area contributed by atoms with E-state index in [0.29, 0.717) is 53.7 Å². The first-order chi connectivity index (χ1) is 22.9. The zero-order valence-corrected chi connectivity index (χ0v) is 26.6. The number of amides is 1. The molecule has 2 atom stereocenters. The molecule has 240 valence electrons. The van der Waals surface area contributed by atoms with E-state index in [1.54, 1.807) is 49.5 Å². The van der Waals surface area contributed by atoms with E-state index >= 15 is 0 Å². The summed E-state index contributed by atoms with van der Waals surface area (Å²) < 4.78 is 16.3. The van der Waals surface area contributed by atoms with Crippen molar-refractivity contribution in [2.45, 2.75) is 51.9 Å². The second kappa shape index (κ2) is 15.5. The number of methoxy groups -OCH3 is 1. The van der Waals surface area contributed by atoms with E-state index < -0.39 is 12.1 Å². The number of carbonyl (C=O) groups excluding carboxylic acids is 2. The average molecular weight is 633 g/mol. The van der Waals surface area contributed by atoms with Crippen LogP contribution >= 0.6 is 0 Å². The Bertz CT molecular complexity index is 1760. The summed E-state index contributed by atoms with van der Waals surface area (Å²) in [6.07, 6.45) is 6.96. The molecule has 0 unspecified atom stereocenters. The second-order valence-electron chi connectivity index (χ2n) is 10.8. The summed E-state index contributed by atoms with van der Waals surface area (Å²) >= 11 is 0. The molecule has 0 saturated heterocycles. The fourth-order valence-electron chi connectivity index (χ4n) is 5.51. The van der Waals surface area contributed by atoms with Crippen LogP contribution in [0.2, 0.25) is 0 Å². The van der Waals surface area contributed by atoms with Crippen molar-refractivity contribution in [1.82, 2.24) is 15.0 Å². The molecule has 11 nitrogen and oxygen atoms in total. The van der Waals surface area contributed by atoms with Gasteiger partial charge in [0.25, 0.3) is 0 Å². The van der Waals surface area contributed by atoms with Crippen molar-refractivity contribution in [2.24, 2.45) is 0 Å². The van der Waals surface area contributed by atoms with Crippen LogP contribution in [0.15, 0.2) is 85.2 Å². The quantitative estimate of drug-likeness (QED) is 0.135. The molecule has 11 heteroatoms. The number of hydrogen-bond acceptors (Lipinski definition) is 10. The minimum absolute atomic E-state index is 0.176. The topological polar surface area (TPSA) is 131 Å². The molecular weight excluding hydrogens is 596 g/mol. The molecular formula is C36H36N6O5. The van der Waals surface area contributed by atoms with E-state index in [9.17, 15) is 14.9 Å². The number of fused-ring (bicyclic) bond motifs is 1. The number of carbonyl (C=O) groups is 2. The first kappa shape index (κ1) is 32.6. The van der Waals surface area contributed by atoms with Gasteiger partial charge in [0.1, 0.15) is 6.61 Å². The van der Waals surface area contributed by atoms with Crippen molar-refractivity contribution in [2.75, 3.05) is 23.5 Å². The van der Waals surface area contributed by atoms with Gasteiger partial charge in [0.2, 0.25) is 11.8 Å². The molecule has 1 aliphatic heterocycles. The second-order valence-corrected chi connectivity index (χ2v) is 10.8. The van der Waals surface area contributed by atoms with Gasteiger partial charge in [0.15, 0.2) is 0 Å². The molecule has 2 aromatic carbocycles. The molecule has 0 N–H and O–H groups in total. The zero-order chi connectivity index (χ0) is 33.2. The lowest BCUT2D eigenvalue weighted by molar-refractivity contribution is -0.138. The van der Waals surface area contributed by atoms with Gasteiger partial charge in [0.05, 0.1) is 42.8 Å². The Balaban J connectivity index is 1.48. The third-order valence-corrected chi connectivity index (χ3v) is 7.79. The number of aromatic nitrogens is 3. The minimum atomic E-state index is -0.479. The Morgan fingerprint density at radius 2 is 1.79 bits per heavy atom. The van der Waals surface area contributed by atoms with Gasteiger partial charge in [-0.05, 0) is 55.2 Å². The number of ether oxygens (including phenoxy) is 3. The number of rotatable bonds is 11. The SMILES string of the molecule is CCOC(=O)N1c2ccc(OC)nc2[C@@H](N(Cc2cccc(C#N)c2)c2ncc(/C=C/C(=O)OCc3ccccc3)cn2)C[C@H]1CC. The maximum atomic E-state index is 13.2. The largest absolute Gasteiger partial charge is 0.481 e. The lowest BCUT2D eigenvalue weighted by atomic mass is 9.92. The van der Waals surface area contributed by atoms with Crippen LogP contribution in [-0.4, -0.2) is 46.8 Å². The highest BCUT2D eigenvalue weighted by Crippen LogP contribution is 2.43. The normalized spacial score (nSPS) is 15.4. The lowest BCUT2D eigenvalue weighted by Crippen LogP contribution is -2.48. The first-order valence-corrected chi connectivity index (χ1v) is 15.4. The molecule has 2 aromatic heterocycles. The Labute approximate surface area is 274 Å². The number of esters is 1. The number of benzene rings is 2. The van der Waals surface area contributed by atoms with Crippen molar-refractivity contribution in [3.05, 3.63) is 113 Å². The van der Waals surface area contributed by atoms with E-state index in [0.717, 1.165) is 11.1 Å². The van der Waals surface area contributed by atoms with Gasteiger partial charge in [-0.1, -0.05) is 49.4 Å². The smallest absolute Gasteiger partial charge is 0.414 e.